The van der Waals surface area contributed by atoms with Gasteiger partial charge in [0.1, 0.15) is 12.1 Å². The first-order chi connectivity index (χ1) is 14.3. The van der Waals surface area contributed by atoms with Crippen LogP contribution in [-0.2, 0) is 21.7 Å². The third-order valence-corrected chi connectivity index (χ3v) is 5.61. The summed E-state index contributed by atoms with van der Waals surface area (Å²) in [7, 11) is 1.66. The Morgan fingerprint density at radius 1 is 1.17 bits per heavy atom. The third kappa shape index (κ3) is 3.34. The summed E-state index contributed by atoms with van der Waals surface area (Å²) in [4.78, 5) is 40.8. The van der Waals surface area contributed by atoms with Crippen LogP contribution in [0.5, 0.6) is 11.5 Å². The van der Waals surface area contributed by atoms with Gasteiger partial charge < -0.3 is 19.7 Å². The maximum absolute atomic E-state index is 13.1. The van der Waals surface area contributed by atoms with E-state index in [2.05, 4.69) is 5.32 Å². The van der Waals surface area contributed by atoms with Crippen LogP contribution in [0, 0.1) is 6.92 Å². The quantitative estimate of drug-likeness (QED) is 0.765. The zero-order valence-corrected chi connectivity index (χ0v) is 17.1. The summed E-state index contributed by atoms with van der Waals surface area (Å²) >= 11 is 0. The zero-order chi connectivity index (χ0) is 21.5. The SMILES string of the molecule is Cc1ccccc1CN(C)C(=O)CN1C(=O)N[C@](C)(c2ccc3c(c2)OCO3)C1=O. The van der Waals surface area contributed by atoms with Gasteiger partial charge in [-0.1, -0.05) is 30.3 Å². The van der Waals surface area contributed by atoms with E-state index >= 15 is 0 Å². The Morgan fingerprint density at radius 3 is 2.67 bits per heavy atom. The molecular formula is C22H23N3O5. The lowest BCUT2D eigenvalue weighted by Crippen LogP contribution is -2.43. The Bertz CT molecular complexity index is 1040. The third-order valence-electron chi connectivity index (χ3n) is 5.61. The number of carbonyl (C=O) groups excluding carboxylic acids is 3. The van der Waals surface area contributed by atoms with Crippen molar-refractivity contribution in [3.63, 3.8) is 0 Å². The molecule has 2 heterocycles. The zero-order valence-electron chi connectivity index (χ0n) is 17.1. The van der Waals surface area contributed by atoms with Crippen molar-refractivity contribution in [2.45, 2.75) is 25.9 Å². The van der Waals surface area contributed by atoms with E-state index in [1.165, 1.54) is 4.90 Å². The molecule has 2 aliphatic heterocycles. The molecule has 156 valence electrons. The topological polar surface area (TPSA) is 88.2 Å². The van der Waals surface area contributed by atoms with Gasteiger partial charge in [-0.25, -0.2) is 4.79 Å². The summed E-state index contributed by atoms with van der Waals surface area (Å²) < 4.78 is 10.7. The van der Waals surface area contributed by atoms with Crippen molar-refractivity contribution >= 4 is 17.8 Å². The molecule has 0 radical (unpaired) electrons. The summed E-state index contributed by atoms with van der Waals surface area (Å²) in [6, 6.07) is 12.3. The Kier molecular flexibility index (Phi) is 4.85. The van der Waals surface area contributed by atoms with Crippen LogP contribution in [-0.4, -0.2) is 48.0 Å². The fourth-order valence-corrected chi connectivity index (χ4v) is 3.63. The van der Waals surface area contributed by atoms with Gasteiger partial charge in [0.25, 0.3) is 5.91 Å². The van der Waals surface area contributed by atoms with Crippen molar-refractivity contribution in [3.8, 4) is 11.5 Å². The average Bonchev–Trinajstić information content (AvgIpc) is 3.28. The van der Waals surface area contributed by atoms with Crippen LogP contribution in [0.15, 0.2) is 42.5 Å². The molecule has 0 aromatic heterocycles. The first-order valence-electron chi connectivity index (χ1n) is 9.62. The minimum Gasteiger partial charge on any atom is -0.454 e. The molecule has 2 aromatic rings. The van der Waals surface area contributed by atoms with Crippen LogP contribution in [0.2, 0.25) is 0 Å². The number of likely N-dealkylation sites (N-methyl/N-ethyl adjacent to an activating group) is 1. The molecule has 1 atom stereocenters. The number of benzene rings is 2. The van der Waals surface area contributed by atoms with E-state index in [1.54, 1.807) is 32.2 Å². The number of nitrogens with one attached hydrogen (secondary N) is 1. The van der Waals surface area contributed by atoms with Gasteiger partial charge >= 0.3 is 6.03 Å². The van der Waals surface area contributed by atoms with Crippen LogP contribution >= 0.6 is 0 Å². The first-order valence-corrected chi connectivity index (χ1v) is 9.62. The maximum atomic E-state index is 13.1. The van der Waals surface area contributed by atoms with Crippen molar-refractivity contribution in [3.05, 3.63) is 59.2 Å². The highest BCUT2D eigenvalue weighted by Crippen LogP contribution is 2.37. The van der Waals surface area contributed by atoms with Crippen molar-refractivity contribution in [1.29, 1.82) is 0 Å². The predicted octanol–water partition coefficient (Wildman–Crippen LogP) is 2.15. The van der Waals surface area contributed by atoms with Gasteiger partial charge in [-0.2, -0.15) is 0 Å². The molecule has 0 bridgehead atoms. The Hall–Kier alpha value is -3.55. The molecule has 0 unspecified atom stereocenters. The van der Waals surface area contributed by atoms with Gasteiger partial charge in [0.15, 0.2) is 11.5 Å². The maximum Gasteiger partial charge on any atom is 0.325 e. The molecule has 0 spiro atoms. The molecule has 1 saturated heterocycles. The van der Waals surface area contributed by atoms with Crippen LogP contribution in [0.25, 0.3) is 0 Å². The first kappa shape index (κ1) is 19.8. The standard InChI is InChI=1S/C22H23N3O5/c1-14-6-4-5-7-15(14)11-24(3)19(26)12-25-20(27)22(2,23-21(25)28)16-8-9-17-18(10-16)30-13-29-17/h4-10H,11-13H2,1-3H3,(H,23,28)/t22-/m1/s1. The number of hydrogen-bond donors (Lipinski definition) is 1. The van der Waals surface area contributed by atoms with Crippen LogP contribution in [0.1, 0.15) is 23.6 Å². The molecule has 8 nitrogen and oxygen atoms in total. The van der Waals surface area contributed by atoms with E-state index in [4.69, 9.17) is 9.47 Å². The fraction of sp³-hybridized carbons (Fsp3) is 0.318. The van der Waals surface area contributed by atoms with Gasteiger partial charge in [0.2, 0.25) is 12.7 Å². The molecule has 8 heteroatoms. The Morgan fingerprint density at radius 2 is 1.90 bits per heavy atom. The highest BCUT2D eigenvalue weighted by atomic mass is 16.7. The Balaban J connectivity index is 1.48. The fourth-order valence-electron chi connectivity index (χ4n) is 3.63. The molecule has 4 amide bonds. The number of imide groups is 1. The number of nitrogens with zero attached hydrogens (tertiary/aromatic N) is 2. The van der Waals surface area contributed by atoms with Crippen LogP contribution in [0.3, 0.4) is 0 Å². The van der Waals surface area contributed by atoms with Crippen molar-refractivity contribution in [2.75, 3.05) is 20.4 Å². The van der Waals surface area contributed by atoms with E-state index in [1.807, 2.05) is 31.2 Å². The summed E-state index contributed by atoms with van der Waals surface area (Å²) in [5.74, 6) is 0.299. The van der Waals surface area contributed by atoms with E-state index < -0.39 is 17.5 Å². The number of hydrogen-bond acceptors (Lipinski definition) is 5. The van der Waals surface area contributed by atoms with Crippen LogP contribution in [0.4, 0.5) is 4.79 Å². The van der Waals surface area contributed by atoms with E-state index in [0.29, 0.717) is 23.6 Å². The number of carbonyl (C=O) groups is 3. The number of ether oxygens (including phenoxy) is 2. The summed E-state index contributed by atoms with van der Waals surface area (Å²) in [5.41, 5.74) is 1.36. The second-order valence-electron chi connectivity index (χ2n) is 7.69. The summed E-state index contributed by atoms with van der Waals surface area (Å²) in [5, 5.41) is 2.71. The minimum absolute atomic E-state index is 0.115. The molecule has 2 aliphatic rings. The molecule has 0 saturated carbocycles. The molecule has 2 aromatic carbocycles. The van der Waals surface area contributed by atoms with Gasteiger partial charge in [-0.3, -0.25) is 14.5 Å². The largest absolute Gasteiger partial charge is 0.454 e. The van der Waals surface area contributed by atoms with Crippen LogP contribution < -0.4 is 14.8 Å². The molecular weight excluding hydrogens is 386 g/mol. The lowest BCUT2D eigenvalue weighted by molar-refractivity contribution is -0.138. The number of amides is 4. The molecule has 1 N–H and O–H groups in total. The molecule has 30 heavy (non-hydrogen) atoms. The van der Waals surface area contributed by atoms with Crippen molar-refractivity contribution in [1.82, 2.24) is 15.1 Å². The average molecular weight is 409 g/mol. The van der Waals surface area contributed by atoms with Gasteiger partial charge in [-0.05, 0) is 42.7 Å². The second-order valence-corrected chi connectivity index (χ2v) is 7.69. The highest BCUT2D eigenvalue weighted by molar-refractivity contribution is 6.09. The monoisotopic (exact) mass is 409 g/mol. The molecule has 1 fully saturated rings. The van der Waals surface area contributed by atoms with E-state index in [-0.39, 0.29) is 19.2 Å². The number of fused-ring (bicyclic) bond motifs is 1. The molecule has 0 aliphatic carbocycles. The lowest BCUT2D eigenvalue weighted by Gasteiger charge is -2.23. The van der Waals surface area contributed by atoms with Gasteiger partial charge in [0, 0.05) is 13.6 Å². The van der Waals surface area contributed by atoms with Crippen molar-refractivity contribution in [2.24, 2.45) is 0 Å². The summed E-state index contributed by atoms with van der Waals surface area (Å²) in [6.07, 6.45) is 0. The minimum atomic E-state index is -1.28. The molecule has 4 rings (SSSR count). The number of aryl methyl sites for hydroxylation is 1. The van der Waals surface area contributed by atoms with Gasteiger partial charge in [0.05, 0.1) is 0 Å². The Labute approximate surface area is 174 Å². The highest BCUT2D eigenvalue weighted by Gasteiger charge is 2.50. The van der Waals surface area contributed by atoms with E-state index in [9.17, 15) is 14.4 Å². The summed E-state index contributed by atoms with van der Waals surface area (Å²) in [6.45, 7) is 3.78. The van der Waals surface area contributed by atoms with Crippen molar-refractivity contribution < 1.29 is 23.9 Å². The van der Waals surface area contributed by atoms with E-state index in [0.717, 1.165) is 16.0 Å². The second kappa shape index (κ2) is 7.37. The predicted molar refractivity (Wildman–Crippen MR) is 108 cm³/mol. The number of rotatable bonds is 5. The normalized spacial score (nSPS) is 19.8. The number of urea groups is 1. The van der Waals surface area contributed by atoms with Gasteiger partial charge in [-0.15, -0.1) is 0 Å². The lowest BCUT2D eigenvalue weighted by atomic mass is 9.91. The smallest absolute Gasteiger partial charge is 0.325 e.